The fourth-order valence-electron chi connectivity index (χ4n) is 3.79. The minimum absolute atomic E-state index is 0.191. The van der Waals surface area contributed by atoms with E-state index in [1.165, 1.54) is 25.3 Å². The molecule has 0 aromatic carbocycles. The van der Waals surface area contributed by atoms with E-state index in [1.807, 2.05) is 6.92 Å². The highest BCUT2D eigenvalue weighted by Crippen LogP contribution is 2.22. The van der Waals surface area contributed by atoms with Crippen molar-refractivity contribution in [3.8, 4) is 11.3 Å². The van der Waals surface area contributed by atoms with E-state index in [1.54, 1.807) is 6.20 Å². The number of rotatable bonds is 6. The van der Waals surface area contributed by atoms with Crippen LogP contribution in [-0.4, -0.2) is 77.3 Å². The largest absolute Gasteiger partial charge is 0.379 e. The van der Waals surface area contributed by atoms with Gasteiger partial charge in [-0.15, -0.1) is 0 Å². The Kier molecular flexibility index (Phi) is 6.36. The number of piperidine rings is 1. The lowest BCUT2D eigenvalue weighted by Crippen LogP contribution is -2.39. The molecule has 0 radical (unpaired) electrons. The molecule has 0 saturated carbocycles. The van der Waals surface area contributed by atoms with Crippen molar-refractivity contribution in [1.29, 1.82) is 0 Å². The van der Waals surface area contributed by atoms with Gasteiger partial charge in [0.15, 0.2) is 0 Å². The SMILES string of the molecule is Cc1nc(N2CCCCC2)ncc1-c1cc(=O)[nH]c(NCCN2CCOCC2)n1. The number of aryl methyl sites for hydroxylation is 1. The normalized spacial score (nSPS) is 18.0. The molecule has 2 aromatic rings. The molecule has 2 aromatic heterocycles. The maximum atomic E-state index is 12.2. The predicted octanol–water partition coefficient (Wildman–Crippen LogP) is 1.27. The van der Waals surface area contributed by atoms with Crippen LogP contribution >= 0.6 is 0 Å². The number of aromatic amines is 1. The summed E-state index contributed by atoms with van der Waals surface area (Å²) in [6.45, 7) is 8.95. The maximum absolute atomic E-state index is 12.2. The zero-order valence-electron chi connectivity index (χ0n) is 17.0. The Hall–Kier alpha value is -2.52. The van der Waals surface area contributed by atoms with Crippen LogP contribution in [0.25, 0.3) is 11.3 Å². The first-order valence-electron chi connectivity index (χ1n) is 10.4. The molecule has 2 aliphatic rings. The molecule has 2 aliphatic heterocycles. The summed E-state index contributed by atoms with van der Waals surface area (Å²) < 4.78 is 5.37. The molecule has 0 spiro atoms. The first kappa shape index (κ1) is 19.8. The van der Waals surface area contributed by atoms with Crippen molar-refractivity contribution in [3.05, 3.63) is 28.3 Å². The quantitative estimate of drug-likeness (QED) is 0.749. The summed E-state index contributed by atoms with van der Waals surface area (Å²) in [5.41, 5.74) is 2.01. The second kappa shape index (κ2) is 9.32. The molecule has 0 aliphatic carbocycles. The third-order valence-electron chi connectivity index (χ3n) is 5.45. The molecular weight excluding hydrogens is 370 g/mol. The van der Waals surface area contributed by atoms with Gasteiger partial charge in [0, 0.05) is 57.1 Å². The van der Waals surface area contributed by atoms with Crippen LogP contribution in [0, 0.1) is 6.92 Å². The number of hydrogen-bond donors (Lipinski definition) is 2. The molecule has 9 heteroatoms. The van der Waals surface area contributed by atoms with Crippen LogP contribution in [0.4, 0.5) is 11.9 Å². The first-order chi connectivity index (χ1) is 14.2. The Morgan fingerprint density at radius 3 is 2.69 bits per heavy atom. The van der Waals surface area contributed by atoms with Crippen LogP contribution in [0.1, 0.15) is 25.0 Å². The molecule has 0 unspecified atom stereocenters. The van der Waals surface area contributed by atoms with Gasteiger partial charge < -0.3 is 15.0 Å². The highest BCUT2D eigenvalue weighted by Gasteiger charge is 2.16. The number of aromatic nitrogens is 4. The fraction of sp³-hybridized carbons (Fsp3) is 0.600. The lowest BCUT2D eigenvalue weighted by molar-refractivity contribution is 0.0398. The second-order valence-corrected chi connectivity index (χ2v) is 7.58. The average Bonchev–Trinajstić information content (AvgIpc) is 2.75. The summed E-state index contributed by atoms with van der Waals surface area (Å²) in [4.78, 5) is 33.3. The average molecular weight is 399 g/mol. The Labute approximate surface area is 170 Å². The van der Waals surface area contributed by atoms with Crippen LogP contribution in [-0.2, 0) is 4.74 Å². The molecule has 2 N–H and O–H groups in total. The molecular formula is C20H29N7O2. The van der Waals surface area contributed by atoms with Crippen molar-refractivity contribution in [2.45, 2.75) is 26.2 Å². The van der Waals surface area contributed by atoms with E-state index < -0.39 is 0 Å². The van der Waals surface area contributed by atoms with Crippen LogP contribution in [0.5, 0.6) is 0 Å². The first-order valence-corrected chi connectivity index (χ1v) is 10.4. The Balaban J connectivity index is 1.45. The standard InChI is InChI=1S/C20H29N7O2/c1-15-16(14-22-20(23-15)27-6-3-2-4-7-27)17-13-18(28)25-19(24-17)21-5-8-26-9-11-29-12-10-26/h13-14H,2-12H2,1H3,(H2,21,24,25,28). The van der Waals surface area contributed by atoms with Crippen molar-refractivity contribution in [3.63, 3.8) is 0 Å². The van der Waals surface area contributed by atoms with E-state index in [0.29, 0.717) is 18.2 Å². The van der Waals surface area contributed by atoms with Crippen LogP contribution in [0.3, 0.4) is 0 Å². The molecule has 4 rings (SSSR count). The van der Waals surface area contributed by atoms with Gasteiger partial charge >= 0.3 is 0 Å². The molecule has 0 atom stereocenters. The predicted molar refractivity (Wildman–Crippen MR) is 112 cm³/mol. The van der Waals surface area contributed by atoms with Gasteiger partial charge in [-0.05, 0) is 26.2 Å². The fourth-order valence-corrected chi connectivity index (χ4v) is 3.79. The summed E-state index contributed by atoms with van der Waals surface area (Å²) in [6, 6.07) is 1.50. The highest BCUT2D eigenvalue weighted by molar-refractivity contribution is 5.62. The molecule has 2 fully saturated rings. The molecule has 29 heavy (non-hydrogen) atoms. The van der Waals surface area contributed by atoms with Gasteiger partial charge in [0.25, 0.3) is 5.56 Å². The molecule has 9 nitrogen and oxygen atoms in total. The molecule has 0 amide bonds. The van der Waals surface area contributed by atoms with Crippen LogP contribution < -0.4 is 15.8 Å². The van der Waals surface area contributed by atoms with Gasteiger partial charge in [0.2, 0.25) is 11.9 Å². The smallest absolute Gasteiger partial charge is 0.252 e. The number of hydrogen-bond acceptors (Lipinski definition) is 8. The monoisotopic (exact) mass is 399 g/mol. The Bertz CT molecular complexity index is 873. The van der Waals surface area contributed by atoms with Gasteiger partial charge in [0.05, 0.1) is 24.6 Å². The highest BCUT2D eigenvalue weighted by atomic mass is 16.5. The number of ether oxygens (including phenoxy) is 1. The summed E-state index contributed by atoms with van der Waals surface area (Å²) in [5, 5.41) is 3.23. The molecule has 156 valence electrons. The minimum atomic E-state index is -0.191. The summed E-state index contributed by atoms with van der Waals surface area (Å²) in [5.74, 6) is 1.24. The van der Waals surface area contributed by atoms with Gasteiger partial charge in [0.1, 0.15) is 0 Å². The topological polar surface area (TPSA) is 99.3 Å². The van der Waals surface area contributed by atoms with Crippen LogP contribution in [0.15, 0.2) is 17.1 Å². The molecule has 4 heterocycles. The summed E-state index contributed by atoms with van der Waals surface area (Å²) >= 11 is 0. The molecule has 2 saturated heterocycles. The second-order valence-electron chi connectivity index (χ2n) is 7.58. The van der Waals surface area contributed by atoms with E-state index in [2.05, 4.69) is 35.1 Å². The maximum Gasteiger partial charge on any atom is 0.252 e. The number of nitrogens with zero attached hydrogens (tertiary/aromatic N) is 5. The molecule has 0 bridgehead atoms. The Morgan fingerprint density at radius 2 is 1.93 bits per heavy atom. The van der Waals surface area contributed by atoms with E-state index in [9.17, 15) is 4.79 Å². The summed E-state index contributed by atoms with van der Waals surface area (Å²) in [7, 11) is 0. The lowest BCUT2D eigenvalue weighted by Gasteiger charge is -2.27. The minimum Gasteiger partial charge on any atom is -0.379 e. The van der Waals surface area contributed by atoms with Gasteiger partial charge in [-0.3, -0.25) is 14.7 Å². The van der Waals surface area contributed by atoms with Crippen molar-refractivity contribution in [1.82, 2.24) is 24.8 Å². The Morgan fingerprint density at radius 1 is 1.14 bits per heavy atom. The van der Waals surface area contributed by atoms with Gasteiger partial charge in [-0.25, -0.2) is 15.0 Å². The van der Waals surface area contributed by atoms with E-state index >= 15 is 0 Å². The van der Waals surface area contributed by atoms with Crippen LogP contribution in [0.2, 0.25) is 0 Å². The van der Waals surface area contributed by atoms with E-state index in [-0.39, 0.29) is 5.56 Å². The van der Waals surface area contributed by atoms with Gasteiger partial charge in [-0.2, -0.15) is 0 Å². The van der Waals surface area contributed by atoms with Gasteiger partial charge in [-0.1, -0.05) is 0 Å². The zero-order valence-corrected chi connectivity index (χ0v) is 17.0. The van der Waals surface area contributed by atoms with E-state index in [4.69, 9.17) is 4.74 Å². The third kappa shape index (κ3) is 5.10. The van der Waals surface area contributed by atoms with Crippen molar-refractivity contribution in [2.75, 3.05) is 62.7 Å². The number of H-pyrrole nitrogens is 1. The van der Waals surface area contributed by atoms with Crippen molar-refractivity contribution >= 4 is 11.9 Å². The lowest BCUT2D eigenvalue weighted by atomic mass is 10.1. The van der Waals surface area contributed by atoms with Crippen molar-refractivity contribution in [2.24, 2.45) is 0 Å². The number of nitrogens with one attached hydrogen (secondary N) is 2. The number of morpholine rings is 1. The zero-order chi connectivity index (χ0) is 20.1. The van der Waals surface area contributed by atoms with E-state index in [0.717, 1.165) is 63.1 Å². The third-order valence-corrected chi connectivity index (χ3v) is 5.45. The van der Waals surface area contributed by atoms with Crippen molar-refractivity contribution < 1.29 is 4.74 Å². The summed E-state index contributed by atoms with van der Waals surface area (Å²) in [6.07, 6.45) is 5.41. The number of anilines is 2.